The minimum absolute atomic E-state index is 0.279. The molecule has 0 saturated carbocycles. The molecule has 0 bridgehead atoms. The fourth-order valence-electron chi connectivity index (χ4n) is 0.939. The van der Waals surface area contributed by atoms with E-state index in [-0.39, 0.29) is 6.29 Å². The predicted molar refractivity (Wildman–Crippen MR) is 58.7 cm³/mol. The predicted octanol–water partition coefficient (Wildman–Crippen LogP) is 0.543. The van der Waals surface area contributed by atoms with Crippen molar-refractivity contribution in [2.24, 2.45) is 0 Å². The van der Waals surface area contributed by atoms with Gasteiger partial charge >= 0.3 is 5.97 Å². The molecule has 5 heteroatoms. The molecule has 0 aromatic rings. The average molecular weight is 227 g/mol. The zero-order valence-corrected chi connectivity index (χ0v) is 9.69. The highest BCUT2D eigenvalue weighted by Crippen LogP contribution is 1.97. The van der Waals surface area contributed by atoms with Crippen molar-refractivity contribution in [1.82, 2.24) is 4.90 Å². The van der Waals surface area contributed by atoms with Gasteiger partial charge in [-0.2, -0.15) is 0 Å². The van der Waals surface area contributed by atoms with Crippen LogP contribution in [-0.4, -0.2) is 43.3 Å². The SMILES string of the molecule is C=C(C)C(=O)OCCCCN(C)C(=O)C=O. The molecule has 0 rings (SSSR count). The standard InChI is InChI=1S/C11H17NO4/c1-9(2)11(15)16-7-5-4-6-12(3)10(14)8-13/h8H,1,4-7H2,2-3H3. The number of amides is 1. The number of carbonyl (C=O) groups is 3. The number of likely N-dealkylation sites (N-methyl/N-ethyl adjacent to an activating group) is 1. The normalized spacial score (nSPS) is 9.38. The largest absolute Gasteiger partial charge is 0.462 e. The summed E-state index contributed by atoms with van der Waals surface area (Å²) in [5, 5.41) is 0. The zero-order chi connectivity index (χ0) is 12.6. The molecule has 16 heavy (non-hydrogen) atoms. The molecule has 0 heterocycles. The van der Waals surface area contributed by atoms with Crippen LogP contribution in [0.15, 0.2) is 12.2 Å². The number of carbonyl (C=O) groups excluding carboxylic acids is 3. The lowest BCUT2D eigenvalue weighted by atomic mass is 10.3. The zero-order valence-electron chi connectivity index (χ0n) is 9.69. The Labute approximate surface area is 95.1 Å². The summed E-state index contributed by atoms with van der Waals surface area (Å²) < 4.78 is 4.86. The van der Waals surface area contributed by atoms with Crippen LogP contribution < -0.4 is 0 Å². The number of ether oxygens (including phenoxy) is 1. The van der Waals surface area contributed by atoms with Gasteiger partial charge in [-0.25, -0.2) is 4.79 Å². The van der Waals surface area contributed by atoms with E-state index < -0.39 is 11.9 Å². The van der Waals surface area contributed by atoms with Crippen molar-refractivity contribution in [3.63, 3.8) is 0 Å². The number of nitrogens with zero attached hydrogens (tertiary/aromatic N) is 1. The number of rotatable bonds is 7. The van der Waals surface area contributed by atoms with Crippen molar-refractivity contribution < 1.29 is 19.1 Å². The third kappa shape index (κ3) is 5.95. The van der Waals surface area contributed by atoms with Crippen molar-refractivity contribution in [1.29, 1.82) is 0 Å². The topological polar surface area (TPSA) is 63.7 Å². The Morgan fingerprint density at radius 1 is 1.38 bits per heavy atom. The maximum absolute atomic E-state index is 11.0. The molecule has 0 aliphatic heterocycles. The number of hydrogen-bond donors (Lipinski definition) is 0. The summed E-state index contributed by atoms with van der Waals surface area (Å²) in [4.78, 5) is 33.3. The summed E-state index contributed by atoms with van der Waals surface area (Å²) in [7, 11) is 1.55. The second kappa shape index (κ2) is 7.62. The summed E-state index contributed by atoms with van der Waals surface area (Å²) in [5.74, 6) is -0.948. The fraction of sp³-hybridized carbons (Fsp3) is 0.545. The molecule has 0 aliphatic carbocycles. The van der Waals surface area contributed by atoms with Crippen LogP contribution in [0.25, 0.3) is 0 Å². The summed E-state index contributed by atoms with van der Waals surface area (Å²) in [6.07, 6.45) is 1.61. The molecular weight excluding hydrogens is 210 g/mol. The molecule has 0 spiro atoms. The van der Waals surface area contributed by atoms with E-state index in [9.17, 15) is 14.4 Å². The average Bonchev–Trinajstić information content (AvgIpc) is 2.26. The second-order valence-electron chi connectivity index (χ2n) is 3.50. The van der Waals surface area contributed by atoms with E-state index in [4.69, 9.17) is 4.74 Å². The highest BCUT2D eigenvalue weighted by molar-refractivity contribution is 6.23. The van der Waals surface area contributed by atoms with Crippen molar-refractivity contribution in [3.8, 4) is 0 Å². The van der Waals surface area contributed by atoms with Gasteiger partial charge in [0, 0.05) is 19.2 Å². The van der Waals surface area contributed by atoms with E-state index in [1.807, 2.05) is 0 Å². The van der Waals surface area contributed by atoms with Crippen LogP contribution in [0.1, 0.15) is 19.8 Å². The summed E-state index contributed by atoms with van der Waals surface area (Å²) in [5.41, 5.74) is 0.369. The molecule has 1 amide bonds. The minimum Gasteiger partial charge on any atom is -0.462 e. The summed E-state index contributed by atoms with van der Waals surface area (Å²) >= 11 is 0. The lowest BCUT2D eigenvalue weighted by Crippen LogP contribution is -2.28. The maximum atomic E-state index is 11.0. The van der Waals surface area contributed by atoms with E-state index in [0.717, 1.165) is 0 Å². The third-order valence-corrected chi connectivity index (χ3v) is 1.95. The third-order valence-electron chi connectivity index (χ3n) is 1.95. The lowest BCUT2D eigenvalue weighted by Gasteiger charge is -2.13. The van der Waals surface area contributed by atoms with Gasteiger partial charge in [0.1, 0.15) is 0 Å². The quantitative estimate of drug-likeness (QED) is 0.209. The molecular formula is C11H17NO4. The molecule has 5 nitrogen and oxygen atoms in total. The van der Waals surface area contributed by atoms with Crippen LogP contribution >= 0.6 is 0 Å². The number of aldehydes is 1. The Kier molecular flexibility index (Phi) is 6.83. The number of esters is 1. The first-order chi connectivity index (χ1) is 7.49. The van der Waals surface area contributed by atoms with Crippen LogP contribution in [0.5, 0.6) is 0 Å². The molecule has 0 saturated heterocycles. The van der Waals surface area contributed by atoms with Gasteiger partial charge in [-0.3, -0.25) is 9.59 Å². The van der Waals surface area contributed by atoms with Crippen molar-refractivity contribution in [2.75, 3.05) is 20.2 Å². The highest BCUT2D eigenvalue weighted by atomic mass is 16.5. The molecule has 0 radical (unpaired) electrons. The second-order valence-corrected chi connectivity index (χ2v) is 3.50. The van der Waals surface area contributed by atoms with E-state index >= 15 is 0 Å². The molecule has 0 fully saturated rings. The first kappa shape index (κ1) is 14.3. The summed E-state index contributed by atoms with van der Waals surface area (Å²) in [6, 6.07) is 0. The van der Waals surface area contributed by atoms with Crippen LogP contribution in [0.4, 0.5) is 0 Å². The van der Waals surface area contributed by atoms with Crippen LogP contribution in [-0.2, 0) is 19.1 Å². The van der Waals surface area contributed by atoms with Gasteiger partial charge < -0.3 is 9.64 Å². The Morgan fingerprint density at radius 3 is 2.50 bits per heavy atom. The van der Waals surface area contributed by atoms with Crippen molar-refractivity contribution >= 4 is 18.2 Å². The van der Waals surface area contributed by atoms with Crippen molar-refractivity contribution in [3.05, 3.63) is 12.2 Å². The van der Waals surface area contributed by atoms with Crippen LogP contribution in [0.3, 0.4) is 0 Å². The molecule has 0 aromatic heterocycles. The Hall–Kier alpha value is -1.65. The van der Waals surface area contributed by atoms with E-state index in [1.165, 1.54) is 4.90 Å². The van der Waals surface area contributed by atoms with E-state index in [2.05, 4.69) is 6.58 Å². The smallest absolute Gasteiger partial charge is 0.333 e. The molecule has 0 aliphatic rings. The molecule has 90 valence electrons. The van der Waals surface area contributed by atoms with Gasteiger partial charge in [0.05, 0.1) is 6.61 Å². The molecule has 0 aromatic carbocycles. The van der Waals surface area contributed by atoms with Gasteiger partial charge in [-0.15, -0.1) is 0 Å². The van der Waals surface area contributed by atoms with E-state index in [0.29, 0.717) is 31.6 Å². The van der Waals surface area contributed by atoms with Crippen molar-refractivity contribution in [2.45, 2.75) is 19.8 Å². The van der Waals surface area contributed by atoms with Crippen LogP contribution in [0, 0.1) is 0 Å². The molecule has 0 atom stereocenters. The number of unbranched alkanes of at least 4 members (excludes halogenated alkanes) is 1. The number of hydrogen-bond acceptors (Lipinski definition) is 4. The van der Waals surface area contributed by atoms with Gasteiger partial charge in [0.2, 0.25) is 6.29 Å². The maximum Gasteiger partial charge on any atom is 0.333 e. The molecule has 0 unspecified atom stereocenters. The van der Waals surface area contributed by atoms with E-state index in [1.54, 1.807) is 14.0 Å². The lowest BCUT2D eigenvalue weighted by molar-refractivity contribution is -0.139. The fourth-order valence-corrected chi connectivity index (χ4v) is 0.939. The monoisotopic (exact) mass is 227 g/mol. The summed E-state index contributed by atoms with van der Waals surface area (Å²) in [6.45, 7) is 5.81. The van der Waals surface area contributed by atoms with Gasteiger partial charge in [-0.1, -0.05) is 6.58 Å². The minimum atomic E-state index is -0.543. The van der Waals surface area contributed by atoms with Gasteiger partial charge in [-0.05, 0) is 19.8 Å². The Balaban J connectivity index is 3.54. The first-order valence-electron chi connectivity index (χ1n) is 5.02. The van der Waals surface area contributed by atoms with Gasteiger partial charge in [0.15, 0.2) is 0 Å². The Morgan fingerprint density at radius 2 is 2.00 bits per heavy atom. The van der Waals surface area contributed by atoms with Crippen LogP contribution in [0.2, 0.25) is 0 Å². The first-order valence-corrected chi connectivity index (χ1v) is 5.02. The Bertz CT molecular complexity index is 286. The van der Waals surface area contributed by atoms with Gasteiger partial charge in [0.25, 0.3) is 5.91 Å². The highest BCUT2D eigenvalue weighted by Gasteiger charge is 2.06. The molecule has 0 N–H and O–H groups in total.